The van der Waals surface area contributed by atoms with Crippen LogP contribution in [0.5, 0.6) is 0 Å². The number of nitrogens with one attached hydrogen (secondary N) is 1. The molecule has 128 valence electrons. The minimum Gasteiger partial charge on any atom is -0.342 e. The third-order valence-corrected chi connectivity index (χ3v) is 5.69. The standard InChI is InChI=1S/C17H26N4O.ClH/c1-20-10-13(7-19-20)14-8-18-9-15(14)17(22)21(2)16(11-3-4-11)12-5-6-12;/h7,10-12,14-16,18H,3-6,8-9H2,1-2H3;1H/t14-,15+;/m1./s1. The first-order valence-corrected chi connectivity index (χ1v) is 8.61. The molecular formula is C17H27ClN4O. The molecule has 5 nitrogen and oxygen atoms in total. The van der Waals surface area contributed by atoms with Crippen LogP contribution in [-0.2, 0) is 11.8 Å². The van der Waals surface area contributed by atoms with Crippen LogP contribution in [0.25, 0.3) is 0 Å². The van der Waals surface area contributed by atoms with E-state index in [0.717, 1.165) is 24.9 Å². The van der Waals surface area contributed by atoms with Crippen molar-refractivity contribution in [2.24, 2.45) is 24.8 Å². The highest BCUT2D eigenvalue weighted by Gasteiger charge is 2.47. The van der Waals surface area contributed by atoms with Gasteiger partial charge in [0.2, 0.25) is 5.91 Å². The summed E-state index contributed by atoms with van der Waals surface area (Å²) in [5.41, 5.74) is 1.19. The molecule has 0 unspecified atom stereocenters. The van der Waals surface area contributed by atoms with Gasteiger partial charge in [-0.1, -0.05) is 0 Å². The molecule has 6 heteroatoms. The van der Waals surface area contributed by atoms with Crippen molar-refractivity contribution in [1.29, 1.82) is 0 Å². The third kappa shape index (κ3) is 3.26. The molecule has 2 heterocycles. The van der Waals surface area contributed by atoms with Crippen LogP contribution in [0.4, 0.5) is 0 Å². The lowest BCUT2D eigenvalue weighted by molar-refractivity contribution is -0.137. The van der Waals surface area contributed by atoms with E-state index in [-0.39, 0.29) is 24.2 Å². The van der Waals surface area contributed by atoms with Crippen LogP contribution >= 0.6 is 12.4 Å². The summed E-state index contributed by atoms with van der Waals surface area (Å²) in [5.74, 6) is 2.21. The normalized spacial score (nSPS) is 27.1. The molecule has 0 bridgehead atoms. The number of carbonyl (C=O) groups excluding carboxylic acids is 1. The highest BCUT2D eigenvalue weighted by Crippen LogP contribution is 2.47. The van der Waals surface area contributed by atoms with Gasteiger partial charge in [0.25, 0.3) is 0 Å². The average Bonchev–Trinajstić information content (AvgIpc) is 3.42. The van der Waals surface area contributed by atoms with E-state index in [4.69, 9.17) is 0 Å². The molecule has 1 aliphatic heterocycles. The van der Waals surface area contributed by atoms with Crippen LogP contribution in [-0.4, -0.2) is 46.8 Å². The van der Waals surface area contributed by atoms with Crippen molar-refractivity contribution in [3.8, 4) is 0 Å². The molecule has 2 aliphatic carbocycles. The largest absolute Gasteiger partial charge is 0.342 e. The van der Waals surface area contributed by atoms with E-state index >= 15 is 0 Å². The van der Waals surface area contributed by atoms with Crippen molar-refractivity contribution < 1.29 is 4.79 Å². The van der Waals surface area contributed by atoms with Crippen molar-refractivity contribution in [1.82, 2.24) is 20.0 Å². The average molecular weight is 339 g/mol. The number of hydrogen-bond donors (Lipinski definition) is 1. The van der Waals surface area contributed by atoms with Crippen molar-refractivity contribution >= 4 is 18.3 Å². The Bertz CT molecular complexity index is 555. The molecule has 1 saturated heterocycles. The zero-order chi connectivity index (χ0) is 15.3. The number of halogens is 1. The predicted octanol–water partition coefficient (Wildman–Crippen LogP) is 1.79. The van der Waals surface area contributed by atoms with Gasteiger partial charge in [0, 0.05) is 45.3 Å². The van der Waals surface area contributed by atoms with Gasteiger partial charge in [0.1, 0.15) is 0 Å². The second kappa shape index (κ2) is 6.44. The fraction of sp³-hybridized carbons (Fsp3) is 0.765. The van der Waals surface area contributed by atoms with Crippen LogP contribution in [0.2, 0.25) is 0 Å². The summed E-state index contributed by atoms with van der Waals surface area (Å²) in [7, 11) is 3.98. The van der Waals surface area contributed by atoms with Crippen molar-refractivity contribution in [3.05, 3.63) is 18.0 Å². The van der Waals surface area contributed by atoms with E-state index in [2.05, 4.69) is 21.5 Å². The second-order valence-electron chi connectivity index (χ2n) is 7.43. The monoisotopic (exact) mass is 338 g/mol. The van der Waals surface area contributed by atoms with Crippen LogP contribution < -0.4 is 5.32 Å². The molecule has 3 aliphatic rings. The SMILES string of the molecule is CN(C(=O)[C@H]1CNC[C@@H]1c1cnn(C)c1)C(C1CC1)C1CC1.Cl. The number of amides is 1. The Morgan fingerprint density at radius 2 is 1.96 bits per heavy atom. The molecule has 0 radical (unpaired) electrons. The van der Waals surface area contributed by atoms with E-state index in [1.54, 1.807) is 0 Å². The number of rotatable bonds is 5. The first kappa shape index (κ1) is 16.8. The predicted molar refractivity (Wildman–Crippen MR) is 91.6 cm³/mol. The molecule has 2 atom stereocenters. The molecule has 0 aromatic carbocycles. The Hall–Kier alpha value is -1.07. The smallest absolute Gasteiger partial charge is 0.227 e. The number of nitrogens with zero attached hydrogens (tertiary/aromatic N) is 3. The first-order valence-electron chi connectivity index (χ1n) is 8.61. The Morgan fingerprint density at radius 1 is 1.30 bits per heavy atom. The van der Waals surface area contributed by atoms with E-state index in [0.29, 0.717) is 11.9 Å². The molecule has 4 rings (SSSR count). The van der Waals surface area contributed by atoms with Gasteiger partial charge in [-0.15, -0.1) is 12.4 Å². The lowest BCUT2D eigenvalue weighted by Crippen LogP contribution is -2.44. The van der Waals surface area contributed by atoms with Crippen molar-refractivity contribution in [2.45, 2.75) is 37.6 Å². The van der Waals surface area contributed by atoms with Crippen LogP contribution in [0.15, 0.2) is 12.4 Å². The van der Waals surface area contributed by atoms with Crippen LogP contribution in [0, 0.1) is 17.8 Å². The molecule has 1 aromatic rings. The van der Waals surface area contributed by atoms with E-state index in [9.17, 15) is 4.79 Å². The van der Waals surface area contributed by atoms with Crippen molar-refractivity contribution in [3.63, 3.8) is 0 Å². The fourth-order valence-electron chi connectivity index (χ4n) is 4.22. The topological polar surface area (TPSA) is 50.2 Å². The molecule has 1 N–H and O–H groups in total. The first-order chi connectivity index (χ1) is 10.6. The summed E-state index contributed by atoms with van der Waals surface area (Å²) in [6.45, 7) is 1.68. The highest BCUT2D eigenvalue weighted by atomic mass is 35.5. The second-order valence-corrected chi connectivity index (χ2v) is 7.43. The lowest BCUT2D eigenvalue weighted by Gasteiger charge is -2.32. The summed E-state index contributed by atoms with van der Waals surface area (Å²) < 4.78 is 1.83. The Labute approximate surface area is 144 Å². The Kier molecular flexibility index (Phi) is 4.70. The maximum Gasteiger partial charge on any atom is 0.227 e. The summed E-state index contributed by atoms with van der Waals surface area (Å²) in [6.07, 6.45) is 9.22. The molecule has 23 heavy (non-hydrogen) atoms. The van der Waals surface area contributed by atoms with Gasteiger partial charge in [0.05, 0.1) is 12.1 Å². The number of carbonyl (C=O) groups is 1. The fourth-order valence-corrected chi connectivity index (χ4v) is 4.22. The van der Waals surface area contributed by atoms with E-state index in [1.807, 2.05) is 25.0 Å². The van der Waals surface area contributed by atoms with Gasteiger partial charge in [-0.25, -0.2) is 0 Å². The quantitative estimate of drug-likeness (QED) is 0.890. The maximum absolute atomic E-state index is 13.1. The number of hydrogen-bond acceptors (Lipinski definition) is 3. The number of aryl methyl sites for hydroxylation is 1. The Morgan fingerprint density at radius 3 is 2.48 bits per heavy atom. The summed E-state index contributed by atoms with van der Waals surface area (Å²) in [4.78, 5) is 15.2. The third-order valence-electron chi connectivity index (χ3n) is 5.69. The summed E-state index contributed by atoms with van der Waals surface area (Å²) >= 11 is 0. The van der Waals surface area contributed by atoms with Gasteiger partial charge < -0.3 is 10.2 Å². The van der Waals surface area contributed by atoms with E-state index < -0.39 is 0 Å². The zero-order valence-electron chi connectivity index (χ0n) is 13.9. The van der Waals surface area contributed by atoms with Gasteiger partial charge in [-0.2, -0.15) is 5.10 Å². The van der Waals surface area contributed by atoms with E-state index in [1.165, 1.54) is 31.2 Å². The Balaban J connectivity index is 0.00000156. The van der Waals surface area contributed by atoms with Gasteiger partial charge in [0.15, 0.2) is 0 Å². The zero-order valence-corrected chi connectivity index (χ0v) is 14.8. The maximum atomic E-state index is 13.1. The van der Waals surface area contributed by atoms with Gasteiger partial charge >= 0.3 is 0 Å². The minimum absolute atomic E-state index is 0. The van der Waals surface area contributed by atoms with Crippen molar-refractivity contribution in [2.75, 3.05) is 20.1 Å². The summed E-state index contributed by atoms with van der Waals surface area (Å²) in [6, 6.07) is 0.502. The lowest BCUT2D eigenvalue weighted by atomic mass is 9.89. The molecule has 1 aromatic heterocycles. The number of aromatic nitrogens is 2. The molecular weight excluding hydrogens is 312 g/mol. The minimum atomic E-state index is 0. The van der Waals surface area contributed by atoms with Crippen LogP contribution in [0.3, 0.4) is 0 Å². The van der Waals surface area contributed by atoms with Crippen LogP contribution in [0.1, 0.15) is 37.2 Å². The highest BCUT2D eigenvalue weighted by molar-refractivity contribution is 5.85. The summed E-state index contributed by atoms with van der Waals surface area (Å²) in [5, 5.41) is 7.69. The molecule has 3 fully saturated rings. The molecule has 2 saturated carbocycles. The molecule has 0 spiro atoms. The van der Waals surface area contributed by atoms with Gasteiger partial charge in [-0.05, 0) is 43.1 Å². The van der Waals surface area contributed by atoms with Gasteiger partial charge in [-0.3, -0.25) is 9.48 Å². The molecule has 1 amide bonds.